The largest absolute Gasteiger partial charge is 0.349 e. The molecule has 0 aliphatic carbocycles. The van der Waals surface area contributed by atoms with Gasteiger partial charge in [-0.25, -0.2) is 0 Å². The van der Waals surface area contributed by atoms with Crippen molar-refractivity contribution in [2.24, 2.45) is 0 Å². The molecule has 4 heteroatoms. The van der Waals surface area contributed by atoms with Crippen molar-refractivity contribution in [3.05, 3.63) is 0 Å². The van der Waals surface area contributed by atoms with E-state index in [1.807, 2.05) is 11.8 Å². The number of hydrogen-bond acceptors (Lipinski definition) is 3. The summed E-state index contributed by atoms with van der Waals surface area (Å²) in [4.78, 5) is 12.9. The molecule has 0 spiro atoms. The van der Waals surface area contributed by atoms with Gasteiger partial charge in [-0.2, -0.15) is 11.8 Å². The Balaban J connectivity index is 3.39. The fourth-order valence-electron chi connectivity index (χ4n) is 1.00. The lowest BCUT2D eigenvalue weighted by Gasteiger charge is -2.14. The first-order chi connectivity index (χ1) is 6.57. The van der Waals surface area contributed by atoms with Crippen molar-refractivity contribution < 1.29 is 4.79 Å². The van der Waals surface area contributed by atoms with Crippen LogP contribution in [0.4, 0.5) is 0 Å². The van der Waals surface area contributed by atoms with Crippen molar-refractivity contribution >= 4 is 17.7 Å². The number of amides is 1. The molecule has 3 nitrogen and oxygen atoms in total. The number of carbonyl (C=O) groups excluding carboxylic acids is 1. The number of nitrogens with zero attached hydrogens (tertiary/aromatic N) is 1. The van der Waals surface area contributed by atoms with E-state index in [0.29, 0.717) is 12.5 Å². The van der Waals surface area contributed by atoms with Crippen LogP contribution in [-0.4, -0.2) is 49.0 Å². The van der Waals surface area contributed by atoms with E-state index in [1.54, 1.807) is 19.0 Å². The second-order valence-corrected chi connectivity index (χ2v) is 4.87. The molecular formula is C10H22N2OS. The maximum atomic E-state index is 11.2. The van der Waals surface area contributed by atoms with Gasteiger partial charge in [0.25, 0.3) is 0 Å². The molecule has 0 saturated heterocycles. The first-order valence-corrected chi connectivity index (χ1v) is 6.24. The summed E-state index contributed by atoms with van der Waals surface area (Å²) in [5, 5.41) is 3.33. The Hall–Kier alpha value is -0.220. The van der Waals surface area contributed by atoms with Gasteiger partial charge in [0.1, 0.15) is 0 Å². The van der Waals surface area contributed by atoms with Crippen LogP contribution in [-0.2, 0) is 4.79 Å². The van der Waals surface area contributed by atoms with E-state index >= 15 is 0 Å². The molecule has 0 aromatic heterocycles. The van der Waals surface area contributed by atoms with E-state index in [-0.39, 0.29) is 5.91 Å². The Morgan fingerprint density at radius 2 is 2.14 bits per heavy atom. The molecular weight excluding hydrogens is 196 g/mol. The molecule has 1 amide bonds. The Morgan fingerprint density at radius 3 is 2.64 bits per heavy atom. The van der Waals surface area contributed by atoms with Gasteiger partial charge < -0.3 is 10.2 Å². The molecule has 1 N–H and O–H groups in total. The SMILES string of the molecule is CCSCC(C)NCCC(=O)N(C)C. The number of nitrogens with one attached hydrogen (secondary N) is 1. The second-order valence-electron chi connectivity index (χ2n) is 3.55. The molecule has 1 unspecified atom stereocenters. The quantitative estimate of drug-likeness (QED) is 0.697. The molecule has 0 radical (unpaired) electrons. The molecule has 0 aliphatic rings. The Labute approximate surface area is 91.6 Å². The molecule has 0 fully saturated rings. The summed E-state index contributed by atoms with van der Waals surface area (Å²) in [5.41, 5.74) is 0. The van der Waals surface area contributed by atoms with Gasteiger partial charge in [0.15, 0.2) is 0 Å². The minimum absolute atomic E-state index is 0.188. The van der Waals surface area contributed by atoms with Gasteiger partial charge in [-0.15, -0.1) is 0 Å². The summed E-state index contributed by atoms with van der Waals surface area (Å²) in [6.07, 6.45) is 0.591. The fourth-order valence-corrected chi connectivity index (χ4v) is 1.71. The van der Waals surface area contributed by atoms with Gasteiger partial charge >= 0.3 is 0 Å². The van der Waals surface area contributed by atoms with Gasteiger partial charge in [0.2, 0.25) is 5.91 Å². The van der Waals surface area contributed by atoms with Crippen molar-refractivity contribution in [1.82, 2.24) is 10.2 Å². The van der Waals surface area contributed by atoms with E-state index < -0.39 is 0 Å². The summed E-state index contributed by atoms with van der Waals surface area (Å²) < 4.78 is 0. The van der Waals surface area contributed by atoms with Crippen LogP contribution < -0.4 is 5.32 Å². The van der Waals surface area contributed by atoms with Crippen LogP contribution in [0.15, 0.2) is 0 Å². The van der Waals surface area contributed by atoms with Crippen molar-refractivity contribution in [3.8, 4) is 0 Å². The molecule has 0 aliphatic heterocycles. The zero-order valence-corrected chi connectivity index (χ0v) is 10.5. The predicted molar refractivity (Wildman–Crippen MR) is 63.8 cm³/mol. The fraction of sp³-hybridized carbons (Fsp3) is 0.900. The molecule has 0 aromatic carbocycles. The molecule has 1 atom stereocenters. The van der Waals surface area contributed by atoms with Crippen LogP contribution in [0.2, 0.25) is 0 Å². The minimum atomic E-state index is 0.188. The minimum Gasteiger partial charge on any atom is -0.349 e. The van der Waals surface area contributed by atoms with Gasteiger partial charge in [-0.05, 0) is 12.7 Å². The zero-order chi connectivity index (χ0) is 11.0. The highest BCUT2D eigenvalue weighted by atomic mass is 32.2. The number of thioether (sulfide) groups is 1. The third-order valence-corrected chi connectivity index (χ3v) is 3.05. The zero-order valence-electron chi connectivity index (χ0n) is 9.67. The maximum absolute atomic E-state index is 11.2. The molecule has 0 bridgehead atoms. The lowest BCUT2D eigenvalue weighted by molar-refractivity contribution is -0.128. The summed E-state index contributed by atoms with van der Waals surface area (Å²) >= 11 is 1.92. The van der Waals surface area contributed by atoms with Gasteiger partial charge in [0.05, 0.1) is 0 Å². The molecule has 0 rings (SSSR count). The highest BCUT2D eigenvalue weighted by Gasteiger charge is 2.05. The Bertz CT molecular complexity index is 162. The number of hydrogen-bond donors (Lipinski definition) is 1. The van der Waals surface area contributed by atoms with Crippen LogP contribution in [0.1, 0.15) is 20.3 Å². The van der Waals surface area contributed by atoms with Gasteiger partial charge in [0, 0.05) is 38.9 Å². The topological polar surface area (TPSA) is 32.3 Å². The monoisotopic (exact) mass is 218 g/mol. The van der Waals surface area contributed by atoms with E-state index in [4.69, 9.17) is 0 Å². The lowest BCUT2D eigenvalue weighted by Crippen LogP contribution is -2.32. The third kappa shape index (κ3) is 7.21. The van der Waals surface area contributed by atoms with Crippen LogP contribution >= 0.6 is 11.8 Å². The average molecular weight is 218 g/mol. The summed E-state index contributed by atoms with van der Waals surface area (Å²) in [5.74, 6) is 2.46. The lowest BCUT2D eigenvalue weighted by atomic mass is 10.3. The van der Waals surface area contributed by atoms with Crippen LogP contribution in [0.25, 0.3) is 0 Å². The van der Waals surface area contributed by atoms with Gasteiger partial charge in [-0.1, -0.05) is 6.92 Å². The highest BCUT2D eigenvalue weighted by Crippen LogP contribution is 2.01. The van der Waals surface area contributed by atoms with Crippen molar-refractivity contribution in [2.75, 3.05) is 32.1 Å². The number of carbonyl (C=O) groups is 1. The summed E-state index contributed by atoms with van der Waals surface area (Å²) in [6, 6.07) is 0.495. The molecule has 0 heterocycles. The second kappa shape index (κ2) is 8.12. The summed E-state index contributed by atoms with van der Waals surface area (Å²) in [7, 11) is 3.58. The summed E-state index contributed by atoms with van der Waals surface area (Å²) in [6.45, 7) is 5.10. The van der Waals surface area contributed by atoms with Crippen LogP contribution in [0.3, 0.4) is 0 Å². The van der Waals surface area contributed by atoms with Crippen molar-refractivity contribution in [1.29, 1.82) is 0 Å². The number of rotatable bonds is 7. The van der Waals surface area contributed by atoms with E-state index in [2.05, 4.69) is 19.2 Å². The average Bonchev–Trinajstić information content (AvgIpc) is 2.14. The van der Waals surface area contributed by atoms with E-state index in [9.17, 15) is 4.79 Å². The standard InChI is InChI=1S/C10H22N2OS/c1-5-14-8-9(2)11-7-6-10(13)12(3)4/h9,11H,5-8H2,1-4H3. The van der Waals surface area contributed by atoms with Crippen molar-refractivity contribution in [3.63, 3.8) is 0 Å². The first kappa shape index (κ1) is 13.8. The first-order valence-electron chi connectivity index (χ1n) is 5.09. The van der Waals surface area contributed by atoms with Gasteiger partial charge in [-0.3, -0.25) is 4.79 Å². The highest BCUT2D eigenvalue weighted by molar-refractivity contribution is 7.99. The van der Waals surface area contributed by atoms with Crippen LogP contribution in [0, 0.1) is 0 Å². The van der Waals surface area contributed by atoms with E-state index in [1.165, 1.54) is 0 Å². The maximum Gasteiger partial charge on any atom is 0.223 e. The normalized spacial score (nSPS) is 12.6. The van der Waals surface area contributed by atoms with E-state index in [0.717, 1.165) is 18.1 Å². The molecule has 14 heavy (non-hydrogen) atoms. The van der Waals surface area contributed by atoms with Crippen molar-refractivity contribution in [2.45, 2.75) is 26.3 Å². The molecule has 0 aromatic rings. The molecule has 0 saturated carbocycles. The Kier molecular flexibility index (Phi) is 7.99. The molecule has 84 valence electrons. The predicted octanol–water partition coefficient (Wildman–Crippen LogP) is 1.20. The van der Waals surface area contributed by atoms with Crippen LogP contribution in [0.5, 0.6) is 0 Å². The third-order valence-electron chi connectivity index (χ3n) is 1.90. The Morgan fingerprint density at radius 1 is 1.50 bits per heavy atom. The smallest absolute Gasteiger partial charge is 0.223 e.